The third-order valence-electron chi connectivity index (χ3n) is 4.74. The molecule has 1 fully saturated rings. The molecule has 2 N–H and O–H groups in total. The average Bonchev–Trinajstić information content (AvgIpc) is 3.51. The summed E-state index contributed by atoms with van der Waals surface area (Å²) in [7, 11) is 1.86. The van der Waals surface area contributed by atoms with Crippen molar-refractivity contribution in [3.05, 3.63) is 46.4 Å². The lowest BCUT2D eigenvalue weighted by atomic mass is 9.96. The molecule has 7 heteroatoms. The van der Waals surface area contributed by atoms with Gasteiger partial charge in [0.1, 0.15) is 5.02 Å². The number of likely N-dealkylation sites (N-methyl/N-ethyl adjacent to an activating group) is 1. The monoisotopic (exact) mass is 402 g/mol. The Morgan fingerprint density at radius 2 is 2.29 bits per heavy atom. The van der Waals surface area contributed by atoms with E-state index in [0.29, 0.717) is 35.7 Å². The molecule has 1 aliphatic heterocycles. The third kappa shape index (κ3) is 5.20. The van der Waals surface area contributed by atoms with Crippen LogP contribution in [-0.4, -0.2) is 36.7 Å². The van der Waals surface area contributed by atoms with E-state index in [9.17, 15) is 4.79 Å². The Morgan fingerprint density at radius 3 is 2.93 bits per heavy atom. The van der Waals surface area contributed by atoms with E-state index in [-0.39, 0.29) is 17.7 Å². The minimum absolute atomic E-state index is 0.0629. The van der Waals surface area contributed by atoms with Gasteiger partial charge in [0.15, 0.2) is 5.78 Å². The van der Waals surface area contributed by atoms with E-state index in [1.165, 1.54) is 12.8 Å². The summed E-state index contributed by atoms with van der Waals surface area (Å²) in [5.74, 6) is 1.09. The van der Waals surface area contributed by atoms with Gasteiger partial charge in [0.2, 0.25) is 5.88 Å². The predicted octanol–water partition coefficient (Wildman–Crippen LogP) is 3.28. The van der Waals surface area contributed by atoms with Crippen LogP contribution in [0.3, 0.4) is 0 Å². The lowest BCUT2D eigenvalue weighted by Gasteiger charge is -2.23. The van der Waals surface area contributed by atoms with Crippen LogP contribution in [0.25, 0.3) is 0 Å². The molecule has 150 valence electrons. The zero-order valence-electron chi connectivity index (χ0n) is 16.5. The SMILES string of the molecule is CNC1C=CNC(C(=O)C(C)C)=C1C=NCc1cnc(OCC2CC2)c(Cl)c1. The van der Waals surface area contributed by atoms with Gasteiger partial charge in [0, 0.05) is 23.9 Å². The normalized spacial score (nSPS) is 19.4. The molecule has 2 aliphatic rings. The first kappa shape index (κ1) is 20.6. The topological polar surface area (TPSA) is 75.6 Å². The minimum Gasteiger partial charge on any atom is -0.476 e. The Bertz CT molecular complexity index is 813. The molecular weight excluding hydrogens is 376 g/mol. The van der Waals surface area contributed by atoms with Gasteiger partial charge in [-0.1, -0.05) is 25.4 Å². The standard InChI is InChI=1S/C21H27ClN4O2/c1-13(2)20(27)19-16(18(23-3)6-7-25-19)11-24-9-15-8-17(22)21(26-10-15)28-12-14-4-5-14/h6-8,10-11,13-14,18,23,25H,4-5,9,12H2,1-3H3. The largest absolute Gasteiger partial charge is 0.476 e. The third-order valence-corrected chi connectivity index (χ3v) is 5.01. The Balaban J connectivity index is 1.70. The zero-order chi connectivity index (χ0) is 20.1. The summed E-state index contributed by atoms with van der Waals surface area (Å²) in [6.45, 7) is 4.87. The maximum Gasteiger partial charge on any atom is 0.232 e. The highest BCUT2D eigenvalue weighted by Crippen LogP contribution is 2.31. The Labute approximate surface area is 171 Å². The smallest absolute Gasteiger partial charge is 0.232 e. The highest BCUT2D eigenvalue weighted by Gasteiger charge is 2.24. The number of aliphatic imine (C=N–C) groups is 1. The number of ether oxygens (including phenoxy) is 1. The number of halogens is 1. The molecule has 0 spiro atoms. The van der Waals surface area contributed by atoms with Gasteiger partial charge in [0.25, 0.3) is 0 Å². The number of carbonyl (C=O) groups excluding carboxylic acids is 1. The van der Waals surface area contributed by atoms with Crippen LogP contribution in [0, 0.1) is 11.8 Å². The fourth-order valence-electron chi connectivity index (χ4n) is 2.86. The first-order valence-electron chi connectivity index (χ1n) is 9.65. The van der Waals surface area contributed by atoms with E-state index in [1.807, 2.05) is 33.0 Å². The van der Waals surface area contributed by atoms with Crippen molar-refractivity contribution in [1.82, 2.24) is 15.6 Å². The first-order valence-corrected chi connectivity index (χ1v) is 10.0. The lowest BCUT2D eigenvalue weighted by Crippen LogP contribution is -2.35. The van der Waals surface area contributed by atoms with Crippen LogP contribution in [0.15, 0.2) is 40.8 Å². The maximum absolute atomic E-state index is 12.5. The van der Waals surface area contributed by atoms with Crippen molar-refractivity contribution in [2.75, 3.05) is 13.7 Å². The lowest BCUT2D eigenvalue weighted by molar-refractivity contribution is -0.118. The predicted molar refractivity (Wildman–Crippen MR) is 112 cm³/mol. The molecule has 28 heavy (non-hydrogen) atoms. The summed E-state index contributed by atoms with van der Waals surface area (Å²) in [5.41, 5.74) is 2.30. The molecule has 3 rings (SSSR count). The molecule has 1 aromatic heterocycles. The van der Waals surface area contributed by atoms with Crippen LogP contribution in [0.5, 0.6) is 5.88 Å². The number of dihydropyridines is 1. The minimum atomic E-state index is -0.0962. The number of hydrogen-bond donors (Lipinski definition) is 2. The van der Waals surface area contributed by atoms with E-state index in [2.05, 4.69) is 20.6 Å². The Kier molecular flexibility index (Phi) is 6.86. The quantitative estimate of drug-likeness (QED) is 0.620. The van der Waals surface area contributed by atoms with Crippen LogP contribution in [0.1, 0.15) is 32.3 Å². The van der Waals surface area contributed by atoms with Crippen molar-refractivity contribution in [2.24, 2.45) is 16.8 Å². The molecule has 0 bridgehead atoms. The summed E-state index contributed by atoms with van der Waals surface area (Å²) in [6.07, 6.45) is 9.67. The number of aromatic nitrogens is 1. The van der Waals surface area contributed by atoms with E-state index in [4.69, 9.17) is 16.3 Å². The van der Waals surface area contributed by atoms with Crippen molar-refractivity contribution in [3.8, 4) is 5.88 Å². The van der Waals surface area contributed by atoms with Gasteiger partial charge >= 0.3 is 0 Å². The molecule has 6 nitrogen and oxygen atoms in total. The summed E-state index contributed by atoms with van der Waals surface area (Å²) < 4.78 is 5.66. The number of nitrogens with one attached hydrogen (secondary N) is 2. The van der Waals surface area contributed by atoms with Crippen molar-refractivity contribution in [1.29, 1.82) is 0 Å². The number of allylic oxidation sites excluding steroid dienone is 1. The zero-order valence-corrected chi connectivity index (χ0v) is 17.3. The van der Waals surface area contributed by atoms with Gasteiger partial charge in [-0.3, -0.25) is 9.79 Å². The number of rotatable bonds is 9. The van der Waals surface area contributed by atoms with Crippen molar-refractivity contribution < 1.29 is 9.53 Å². The van der Waals surface area contributed by atoms with E-state index in [0.717, 1.165) is 11.1 Å². The molecule has 0 amide bonds. The van der Waals surface area contributed by atoms with E-state index < -0.39 is 0 Å². The fraction of sp³-hybridized carbons (Fsp3) is 0.476. The molecule has 0 radical (unpaired) electrons. The number of Topliss-reactive ketones (excluding diaryl/α,β-unsaturated/α-hetero) is 1. The molecule has 1 aliphatic carbocycles. The number of nitrogens with zero attached hydrogens (tertiary/aromatic N) is 2. The second kappa shape index (κ2) is 9.34. The van der Waals surface area contributed by atoms with Gasteiger partial charge in [-0.05, 0) is 49.7 Å². The molecule has 2 heterocycles. The van der Waals surface area contributed by atoms with E-state index in [1.54, 1.807) is 18.6 Å². The Hall–Kier alpha value is -2.18. The summed E-state index contributed by atoms with van der Waals surface area (Å²) in [6, 6.07) is 1.76. The molecule has 1 saturated carbocycles. The van der Waals surface area contributed by atoms with Crippen molar-refractivity contribution in [2.45, 2.75) is 39.3 Å². The molecule has 1 unspecified atom stereocenters. The van der Waals surface area contributed by atoms with Crippen LogP contribution in [0.2, 0.25) is 5.02 Å². The van der Waals surface area contributed by atoms with Gasteiger partial charge in [0.05, 0.1) is 24.9 Å². The molecular formula is C21H27ClN4O2. The number of hydrogen-bond acceptors (Lipinski definition) is 6. The number of ketones is 1. The van der Waals surface area contributed by atoms with Crippen molar-refractivity contribution >= 4 is 23.6 Å². The van der Waals surface area contributed by atoms with E-state index >= 15 is 0 Å². The second-order valence-corrected chi connectivity index (χ2v) is 7.88. The van der Waals surface area contributed by atoms with Crippen LogP contribution in [-0.2, 0) is 11.3 Å². The van der Waals surface area contributed by atoms with Gasteiger partial charge < -0.3 is 15.4 Å². The summed E-state index contributed by atoms with van der Waals surface area (Å²) in [4.78, 5) is 21.3. The number of pyridine rings is 1. The summed E-state index contributed by atoms with van der Waals surface area (Å²) in [5, 5.41) is 6.77. The molecule has 0 aromatic carbocycles. The van der Waals surface area contributed by atoms with Crippen LogP contribution < -0.4 is 15.4 Å². The highest BCUT2D eigenvalue weighted by atomic mass is 35.5. The number of carbonyl (C=O) groups is 1. The maximum atomic E-state index is 12.5. The van der Waals surface area contributed by atoms with Crippen LogP contribution >= 0.6 is 11.6 Å². The first-order chi connectivity index (χ1) is 13.5. The average molecular weight is 403 g/mol. The highest BCUT2D eigenvalue weighted by molar-refractivity contribution is 6.31. The second-order valence-electron chi connectivity index (χ2n) is 7.47. The Morgan fingerprint density at radius 1 is 1.50 bits per heavy atom. The van der Waals surface area contributed by atoms with Gasteiger partial charge in [-0.2, -0.15) is 0 Å². The summed E-state index contributed by atoms with van der Waals surface area (Å²) >= 11 is 6.28. The van der Waals surface area contributed by atoms with Crippen LogP contribution in [0.4, 0.5) is 0 Å². The fourth-order valence-corrected chi connectivity index (χ4v) is 3.10. The molecule has 1 aromatic rings. The molecule has 0 saturated heterocycles. The van der Waals surface area contributed by atoms with Gasteiger partial charge in [-0.15, -0.1) is 0 Å². The van der Waals surface area contributed by atoms with Crippen molar-refractivity contribution in [3.63, 3.8) is 0 Å². The van der Waals surface area contributed by atoms with Gasteiger partial charge in [-0.25, -0.2) is 4.98 Å². The molecule has 1 atom stereocenters.